The van der Waals surface area contributed by atoms with Crippen LogP contribution >= 0.6 is 11.6 Å². The molecule has 0 saturated heterocycles. The first-order chi connectivity index (χ1) is 9.74. The van der Waals surface area contributed by atoms with Crippen molar-refractivity contribution in [2.45, 2.75) is 13.1 Å². The van der Waals surface area contributed by atoms with Crippen LogP contribution in [0.25, 0.3) is 0 Å². The van der Waals surface area contributed by atoms with Crippen LogP contribution in [-0.4, -0.2) is 7.11 Å². The largest absolute Gasteiger partial charge is 0.496 e. The maximum atomic E-state index is 8.94. The number of methoxy groups -OCH3 is 1. The maximum Gasteiger partial charge on any atom is 0.123 e. The van der Waals surface area contributed by atoms with Gasteiger partial charge in [-0.25, -0.2) is 0 Å². The lowest BCUT2D eigenvalue weighted by Crippen LogP contribution is -2.13. The molecular formula is C16H15ClN2O. The van der Waals surface area contributed by atoms with Crippen LogP contribution in [0.5, 0.6) is 5.75 Å². The summed E-state index contributed by atoms with van der Waals surface area (Å²) in [5, 5.41) is 13.0. The van der Waals surface area contributed by atoms with E-state index in [4.69, 9.17) is 21.6 Å². The zero-order valence-corrected chi connectivity index (χ0v) is 11.9. The maximum absolute atomic E-state index is 8.94. The number of benzene rings is 2. The lowest BCUT2D eigenvalue weighted by molar-refractivity contribution is 0.407. The second-order valence-electron chi connectivity index (χ2n) is 4.33. The summed E-state index contributed by atoms with van der Waals surface area (Å²) in [5.41, 5.74) is 2.63. The molecule has 0 amide bonds. The van der Waals surface area contributed by atoms with Crippen molar-refractivity contribution in [3.63, 3.8) is 0 Å². The molecule has 0 radical (unpaired) electrons. The normalized spacial score (nSPS) is 10.1. The first kappa shape index (κ1) is 14.4. The molecule has 2 rings (SSSR count). The van der Waals surface area contributed by atoms with Gasteiger partial charge in [-0.15, -0.1) is 0 Å². The quantitative estimate of drug-likeness (QED) is 0.915. The molecule has 20 heavy (non-hydrogen) atoms. The minimum Gasteiger partial charge on any atom is -0.496 e. The van der Waals surface area contributed by atoms with E-state index in [1.54, 1.807) is 13.2 Å². The van der Waals surface area contributed by atoms with Gasteiger partial charge < -0.3 is 10.1 Å². The molecule has 2 aromatic carbocycles. The molecule has 0 bridgehead atoms. The van der Waals surface area contributed by atoms with Crippen LogP contribution in [0.15, 0.2) is 42.5 Å². The fourth-order valence-electron chi connectivity index (χ4n) is 1.96. The highest BCUT2D eigenvalue weighted by atomic mass is 35.5. The third kappa shape index (κ3) is 3.51. The summed E-state index contributed by atoms with van der Waals surface area (Å²) in [6, 6.07) is 15.2. The molecule has 0 atom stereocenters. The average Bonchev–Trinajstić information content (AvgIpc) is 2.49. The number of nitrogens with zero attached hydrogens (tertiary/aromatic N) is 1. The Bertz CT molecular complexity index is 635. The molecule has 0 fully saturated rings. The Hall–Kier alpha value is -2.02. The molecule has 4 heteroatoms. The summed E-state index contributed by atoms with van der Waals surface area (Å²) >= 11 is 6.10. The summed E-state index contributed by atoms with van der Waals surface area (Å²) in [7, 11) is 1.62. The van der Waals surface area contributed by atoms with Crippen LogP contribution in [0.2, 0.25) is 5.02 Å². The standard InChI is InChI=1S/C16H15ClN2O/c1-20-16-7-6-12(9-18)8-14(16)11-19-10-13-4-2-3-5-15(13)17/h2-8,19H,10-11H2,1H3. The number of hydrogen-bond donors (Lipinski definition) is 1. The molecule has 0 heterocycles. The number of hydrogen-bond acceptors (Lipinski definition) is 3. The fraction of sp³-hybridized carbons (Fsp3) is 0.188. The zero-order chi connectivity index (χ0) is 14.4. The Morgan fingerprint density at radius 1 is 1.15 bits per heavy atom. The third-order valence-electron chi connectivity index (χ3n) is 3.00. The summed E-state index contributed by atoms with van der Waals surface area (Å²) in [4.78, 5) is 0. The lowest BCUT2D eigenvalue weighted by Gasteiger charge is -2.10. The zero-order valence-electron chi connectivity index (χ0n) is 11.2. The van der Waals surface area contributed by atoms with Crippen LogP contribution in [0.4, 0.5) is 0 Å². The van der Waals surface area contributed by atoms with E-state index in [2.05, 4.69) is 11.4 Å². The van der Waals surface area contributed by atoms with Gasteiger partial charge in [0.25, 0.3) is 0 Å². The molecule has 0 aliphatic carbocycles. The predicted molar refractivity (Wildman–Crippen MR) is 79.7 cm³/mol. The molecule has 0 aliphatic rings. The summed E-state index contributed by atoms with van der Waals surface area (Å²) in [5.74, 6) is 0.774. The Morgan fingerprint density at radius 2 is 1.90 bits per heavy atom. The highest BCUT2D eigenvalue weighted by molar-refractivity contribution is 6.31. The Balaban J connectivity index is 2.04. The van der Waals surface area contributed by atoms with E-state index in [1.165, 1.54) is 0 Å². The smallest absolute Gasteiger partial charge is 0.123 e. The van der Waals surface area contributed by atoms with E-state index >= 15 is 0 Å². The van der Waals surface area contributed by atoms with Gasteiger partial charge in [0.15, 0.2) is 0 Å². The van der Waals surface area contributed by atoms with Crippen molar-refractivity contribution in [2.24, 2.45) is 0 Å². The van der Waals surface area contributed by atoms with Crippen LogP contribution in [-0.2, 0) is 13.1 Å². The highest BCUT2D eigenvalue weighted by Gasteiger charge is 2.05. The number of nitriles is 1. The molecule has 2 aromatic rings. The van der Waals surface area contributed by atoms with E-state index in [0.29, 0.717) is 18.7 Å². The average molecular weight is 287 g/mol. The lowest BCUT2D eigenvalue weighted by atomic mass is 10.1. The van der Waals surface area contributed by atoms with E-state index in [-0.39, 0.29) is 0 Å². The van der Waals surface area contributed by atoms with Crippen LogP contribution in [0, 0.1) is 11.3 Å². The molecule has 0 unspecified atom stereocenters. The van der Waals surface area contributed by atoms with Crippen LogP contribution < -0.4 is 10.1 Å². The second-order valence-corrected chi connectivity index (χ2v) is 4.74. The Morgan fingerprint density at radius 3 is 2.60 bits per heavy atom. The van der Waals surface area contributed by atoms with Gasteiger partial charge in [0.05, 0.1) is 18.7 Å². The molecule has 102 valence electrons. The van der Waals surface area contributed by atoms with E-state index < -0.39 is 0 Å². The highest BCUT2D eigenvalue weighted by Crippen LogP contribution is 2.20. The van der Waals surface area contributed by atoms with E-state index in [9.17, 15) is 0 Å². The molecule has 0 spiro atoms. The van der Waals surface area contributed by atoms with Crippen molar-refractivity contribution in [1.82, 2.24) is 5.32 Å². The molecule has 3 nitrogen and oxygen atoms in total. The molecule has 0 saturated carbocycles. The first-order valence-electron chi connectivity index (χ1n) is 6.25. The molecular weight excluding hydrogens is 272 g/mol. The number of ether oxygens (including phenoxy) is 1. The molecule has 0 aliphatic heterocycles. The Kier molecular flexibility index (Phi) is 5.00. The van der Waals surface area contributed by atoms with Gasteiger partial charge in [0.1, 0.15) is 5.75 Å². The minimum atomic E-state index is 0.615. The summed E-state index contributed by atoms with van der Waals surface area (Å²) in [6.07, 6.45) is 0. The van der Waals surface area contributed by atoms with Crippen molar-refractivity contribution in [3.05, 3.63) is 64.2 Å². The monoisotopic (exact) mass is 286 g/mol. The Labute approximate surface area is 123 Å². The number of halogens is 1. The van der Waals surface area contributed by atoms with Crippen molar-refractivity contribution in [2.75, 3.05) is 7.11 Å². The van der Waals surface area contributed by atoms with Gasteiger partial charge in [-0.2, -0.15) is 5.26 Å². The van der Waals surface area contributed by atoms with Crippen LogP contribution in [0.3, 0.4) is 0 Å². The fourth-order valence-corrected chi connectivity index (χ4v) is 2.16. The van der Waals surface area contributed by atoms with Crippen molar-refractivity contribution < 1.29 is 4.74 Å². The molecule has 0 aromatic heterocycles. The minimum absolute atomic E-state index is 0.615. The number of nitrogens with one attached hydrogen (secondary N) is 1. The van der Waals surface area contributed by atoms with Crippen LogP contribution in [0.1, 0.15) is 16.7 Å². The van der Waals surface area contributed by atoms with Gasteiger partial charge in [-0.05, 0) is 29.8 Å². The SMILES string of the molecule is COc1ccc(C#N)cc1CNCc1ccccc1Cl. The van der Waals surface area contributed by atoms with Crippen molar-refractivity contribution in [3.8, 4) is 11.8 Å². The predicted octanol–water partition coefficient (Wildman–Crippen LogP) is 3.51. The summed E-state index contributed by atoms with van der Waals surface area (Å²) in [6.45, 7) is 1.28. The number of rotatable bonds is 5. The van der Waals surface area contributed by atoms with E-state index in [0.717, 1.165) is 21.9 Å². The van der Waals surface area contributed by atoms with Gasteiger partial charge in [-0.1, -0.05) is 29.8 Å². The third-order valence-corrected chi connectivity index (χ3v) is 3.37. The first-order valence-corrected chi connectivity index (χ1v) is 6.63. The topological polar surface area (TPSA) is 45.0 Å². The second kappa shape index (κ2) is 6.95. The molecule has 1 N–H and O–H groups in total. The van der Waals surface area contributed by atoms with Gasteiger partial charge in [0, 0.05) is 23.7 Å². The van der Waals surface area contributed by atoms with Crippen molar-refractivity contribution >= 4 is 11.6 Å². The van der Waals surface area contributed by atoms with E-state index in [1.807, 2.05) is 36.4 Å². The summed E-state index contributed by atoms with van der Waals surface area (Å²) < 4.78 is 5.30. The van der Waals surface area contributed by atoms with Crippen molar-refractivity contribution in [1.29, 1.82) is 5.26 Å². The van der Waals surface area contributed by atoms with Gasteiger partial charge >= 0.3 is 0 Å². The van der Waals surface area contributed by atoms with Gasteiger partial charge in [-0.3, -0.25) is 0 Å². The van der Waals surface area contributed by atoms with Gasteiger partial charge in [0.2, 0.25) is 0 Å².